The Morgan fingerprint density at radius 1 is 1.31 bits per heavy atom. The number of aliphatic hydroxyl groups excluding tert-OH is 1. The topological polar surface area (TPSA) is 78.4 Å². The highest BCUT2D eigenvalue weighted by atomic mass is 16.3. The predicted molar refractivity (Wildman–Crippen MR) is 62.1 cm³/mol. The summed E-state index contributed by atoms with van der Waals surface area (Å²) in [7, 11) is 0. The van der Waals surface area contributed by atoms with E-state index in [1.807, 2.05) is 6.92 Å². The molecule has 0 aromatic carbocycles. The Hall–Kier alpha value is -0.940. The van der Waals surface area contributed by atoms with Crippen LogP contribution in [0.5, 0.6) is 0 Å². The molecule has 0 aliphatic heterocycles. The zero-order chi connectivity index (χ0) is 12.4. The highest BCUT2D eigenvalue weighted by molar-refractivity contribution is 5.81. The highest BCUT2D eigenvalue weighted by Crippen LogP contribution is 2.01. The van der Waals surface area contributed by atoms with Crippen molar-refractivity contribution in [2.24, 2.45) is 0 Å². The van der Waals surface area contributed by atoms with Crippen LogP contribution in [0, 0.1) is 0 Å². The van der Waals surface area contributed by atoms with Crippen LogP contribution in [0.25, 0.3) is 0 Å². The van der Waals surface area contributed by atoms with Gasteiger partial charge in [-0.2, -0.15) is 0 Å². The third-order valence-electron chi connectivity index (χ3n) is 2.33. The third-order valence-corrected chi connectivity index (χ3v) is 2.33. The van der Waals surface area contributed by atoms with Crippen molar-refractivity contribution in [1.29, 1.82) is 0 Å². The van der Waals surface area contributed by atoms with Crippen molar-refractivity contribution in [1.82, 2.24) is 10.6 Å². The zero-order valence-electron chi connectivity index (χ0n) is 10.1. The molecule has 0 bridgehead atoms. The average Bonchev–Trinajstić information content (AvgIpc) is 2.26. The Kier molecular flexibility index (Phi) is 8.75. The van der Waals surface area contributed by atoms with Crippen LogP contribution in [0.15, 0.2) is 0 Å². The SMILES string of the molecule is CCN[C@@H](CCCCNC(=O)CO)C(C)=O. The fourth-order valence-electron chi connectivity index (χ4n) is 1.45. The minimum absolute atomic E-state index is 0.0708. The Labute approximate surface area is 96.6 Å². The standard InChI is InChI=1S/C11H22N2O3/c1-3-12-10(9(2)15)6-4-5-7-13-11(16)8-14/h10,12,14H,3-8H2,1-2H3,(H,13,16)/t10-/m0/s1. The van der Waals surface area contributed by atoms with Crippen LogP contribution in [0.1, 0.15) is 33.1 Å². The van der Waals surface area contributed by atoms with E-state index in [4.69, 9.17) is 5.11 Å². The summed E-state index contributed by atoms with van der Waals surface area (Å²) in [5.41, 5.74) is 0. The molecule has 0 spiro atoms. The van der Waals surface area contributed by atoms with Crippen LogP contribution in [-0.4, -0.2) is 42.5 Å². The van der Waals surface area contributed by atoms with Crippen LogP contribution >= 0.6 is 0 Å². The van der Waals surface area contributed by atoms with Crippen LogP contribution in [0.2, 0.25) is 0 Å². The van der Waals surface area contributed by atoms with Gasteiger partial charge in [-0.15, -0.1) is 0 Å². The molecule has 0 saturated heterocycles. The normalized spacial score (nSPS) is 12.2. The molecule has 5 heteroatoms. The van der Waals surface area contributed by atoms with Crippen LogP contribution in [0.4, 0.5) is 0 Å². The lowest BCUT2D eigenvalue weighted by Crippen LogP contribution is -2.35. The van der Waals surface area contributed by atoms with E-state index in [0.29, 0.717) is 6.54 Å². The van der Waals surface area contributed by atoms with Gasteiger partial charge in [0, 0.05) is 6.54 Å². The molecule has 3 N–H and O–H groups in total. The number of aliphatic hydroxyl groups is 1. The summed E-state index contributed by atoms with van der Waals surface area (Å²) in [6.07, 6.45) is 2.49. The molecule has 16 heavy (non-hydrogen) atoms. The molecule has 0 radical (unpaired) electrons. The van der Waals surface area contributed by atoms with E-state index >= 15 is 0 Å². The second-order valence-electron chi connectivity index (χ2n) is 3.72. The fourth-order valence-corrected chi connectivity index (χ4v) is 1.45. The van der Waals surface area contributed by atoms with Crippen molar-refractivity contribution >= 4 is 11.7 Å². The second kappa shape index (κ2) is 9.30. The van der Waals surface area contributed by atoms with E-state index in [0.717, 1.165) is 25.8 Å². The van der Waals surface area contributed by atoms with Gasteiger partial charge >= 0.3 is 0 Å². The third kappa shape index (κ3) is 7.36. The van der Waals surface area contributed by atoms with Crippen LogP contribution < -0.4 is 10.6 Å². The summed E-state index contributed by atoms with van der Waals surface area (Å²) < 4.78 is 0. The van der Waals surface area contributed by atoms with Gasteiger partial charge in [0.15, 0.2) is 0 Å². The van der Waals surface area contributed by atoms with Crippen LogP contribution in [0.3, 0.4) is 0 Å². The van der Waals surface area contributed by atoms with E-state index in [9.17, 15) is 9.59 Å². The van der Waals surface area contributed by atoms with Gasteiger partial charge in [-0.1, -0.05) is 6.92 Å². The molecular weight excluding hydrogens is 208 g/mol. The number of hydrogen-bond donors (Lipinski definition) is 3. The monoisotopic (exact) mass is 230 g/mol. The summed E-state index contributed by atoms with van der Waals surface area (Å²) >= 11 is 0. The molecule has 1 amide bonds. The van der Waals surface area contributed by atoms with Gasteiger partial charge in [-0.05, 0) is 32.7 Å². The minimum atomic E-state index is -0.465. The van der Waals surface area contributed by atoms with Gasteiger partial charge in [0.1, 0.15) is 12.4 Å². The molecule has 0 aliphatic rings. The lowest BCUT2D eigenvalue weighted by molar-refractivity contribution is -0.124. The quantitative estimate of drug-likeness (QED) is 0.481. The van der Waals surface area contributed by atoms with Crippen molar-refractivity contribution in [3.05, 3.63) is 0 Å². The maximum Gasteiger partial charge on any atom is 0.245 e. The molecule has 0 aliphatic carbocycles. The van der Waals surface area contributed by atoms with E-state index in [-0.39, 0.29) is 17.7 Å². The average molecular weight is 230 g/mol. The number of likely N-dealkylation sites (N-methyl/N-ethyl adjacent to an activating group) is 1. The Bertz CT molecular complexity index is 219. The first-order valence-electron chi connectivity index (χ1n) is 5.73. The van der Waals surface area contributed by atoms with E-state index in [1.165, 1.54) is 0 Å². The number of carbonyl (C=O) groups is 2. The number of unbranched alkanes of at least 4 members (excludes halogenated alkanes) is 1. The van der Waals surface area contributed by atoms with Crippen molar-refractivity contribution in [3.63, 3.8) is 0 Å². The van der Waals surface area contributed by atoms with Crippen LogP contribution in [-0.2, 0) is 9.59 Å². The van der Waals surface area contributed by atoms with E-state index in [1.54, 1.807) is 6.92 Å². The summed E-state index contributed by atoms with van der Waals surface area (Å²) in [5.74, 6) is -0.198. The molecule has 5 nitrogen and oxygen atoms in total. The molecular formula is C11H22N2O3. The molecule has 0 aromatic rings. The molecule has 0 fully saturated rings. The Morgan fingerprint density at radius 2 is 2.00 bits per heavy atom. The van der Waals surface area contributed by atoms with E-state index in [2.05, 4.69) is 10.6 Å². The molecule has 0 unspecified atom stereocenters. The van der Waals surface area contributed by atoms with Crippen molar-refractivity contribution in [2.45, 2.75) is 39.2 Å². The maximum atomic E-state index is 11.2. The first kappa shape index (κ1) is 15.1. The summed E-state index contributed by atoms with van der Waals surface area (Å²) in [4.78, 5) is 21.9. The molecule has 0 heterocycles. The lowest BCUT2D eigenvalue weighted by atomic mass is 10.1. The highest BCUT2D eigenvalue weighted by Gasteiger charge is 2.11. The minimum Gasteiger partial charge on any atom is -0.387 e. The van der Waals surface area contributed by atoms with Gasteiger partial charge in [0.2, 0.25) is 5.91 Å². The summed E-state index contributed by atoms with van der Waals surface area (Å²) in [6, 6.07) is -0.0708. The predicted octanol–water partition coefficient (Wildman–Crippen LogP) is -0.168. The number of carbonyl (C=O) groups excluding carboxylic acids is 2. The van der Waals surface area contributed by atoms with Gasteiger partial charge < -0.3 is 15.7 Å². The Balaban J connectivity index is 3.55. The number of Topliss-reactive ketones (excluding diaryl/α,β-unsaturated/α-hetero) is 1. The lowest BCUT2D eigenvalue weighted by Gasteiger charge is -2.14. The van der Waals surface area contributed by atoms with Gasteiger partial charge in [-0.3, -0.25) is 9.59 Å². The smallest absolute Gasteiger partial charge is 0.245 e. The van der Waals surface area contributed by atoms with E-state index < -0.39 is 6.61 Å². The second-order valence-corrected chi connectivity index (χ2v) is 3.72. The Morgan fingerprint density at radius 3 is 2.50 bits per heavy atom. The summed E-state index contributed by atoms with van der Waals surface area (Å²) in [5, 5.41) is 14.1. The number of ketones is 1. The number of nitrogens with one attached hydrogen (secondary N) is 2. The number of hydrogen-bond acceptors (Lipinski definition) is 4. The zero-order valence-corrected chi connectivity index (χ0v) is 10.1. The maximum absolute atomic E-state index is 11.2. The first-order chi connectivity index (χ1) is 7.61. The number of rotatable bonds is 9. The molecule has 94 valence electrons. The molecule has 0 rings (SSSR count). The van der Waals surface area contributed by atoms with Crippen molar-refractivity contribution in [2.75, 3.05) is 19.7 Å². The van der Waals surface area contributed by atoms with Crippen molar-refractivity contribution in [3.8, 4) is 0 Å². The largest absolute Gasteiger partial charge is 0.387 e. The molecule has 1 atom stereocenters. The first-order valence-corrected chi connectivity index (χ1v) is 5.73. The summed E-state index contributed by atoms with van der Waals surface area (Å²) in [6.45, 7) is 4.42. The molecule has 0 aromatic heterocycles. The molecule has 0 saturated carbocycles. The van der Waals surface area contributed by atoms with Gasteiger partial charge in [0.05, 0.1) is 6.04 Å². The van der Waals surface area contributed by atoms with Gasteiger partial charge in [0.25, 0.3) is 0 Å². The fraction of sp³-hybridized carbons (Fsp3) is 0.818. The number of amides is 1. The van der Waals surface area contributed by atoms with Crippen molar-refractivity contribution < 1.29 is 14.7 Å². The van der Waals surface area contributed by atoms with Gasteiger partial charge in [-0.25, -0.2) is 0 Å².